The molecule has 1 atom stereocenters. The molecular weight excluding hydrogens is 326 g/mol. The largest absolute Gasteiger partial charge is 0.343 e. The molecule has 1 aromatic carbocycles. The summed E-state index contributed by atoms with van der Waals surface area (Å²) in [5, 5.41) is 8.82. The van der Waals surface area contributed by atoms with Gasteiger partial charge in [-0.1, -0.05) is 0 Å². The number of nitrogens with zero attached hydrogens (tertiary/aromatic N) is 3. The Kier molecular flexibility index (Phi) is 5.97. The second-order valence-corrected chi connectivity index (χ2v) is 7.79. The van der Waals surface area contributed by atoms with E-state index in [0.717, 1.165) is 0 Å². The second kappa shape index (κ2) is 7.77. The van der Waals surface area contributed by atoms with Crippen LogP contribution in [0.15, 0.2) is 29.2 Å². The van der Waals surface area contributed by atoms with E-state index in [9.17, 15) is 13.2 Å². The molecule has 1 aliphatic rings. The minimum Gasteiger partial charge on any atom is -0.343 e. The molecule has 1 amide bonds. The molecular formula is C17H23N3O3S. The summed E-state index contributed by atoms with van der Waals surface area (Å²) in [7, 11) is -3.64. The number of hydrogen-bond donors (Lipinski definition) is 0. The summed E-state index contributed by atoms with van der Waals surface area (Å²) in [4.78, 5) is 14.4. The van der Waals surface area contributed by atoms with Crippen LogP contribution in [0.25, 0.3) is 0 Å². The van der Waals surface area contributed by atoms with Gasteiger partial charge in [-0.2, -0.15) is 9.57 Å². The molecule has 1 saturated heterocycles. The molecule has 7 heteroatoms. The van der Waals surface area contributed by atoms with Gasteiger partial charge in [0.15, 0.2) is 0 Å². The number of amides is 1. The number of piperidine rings is 1. The fourth-order valence-corrected chi connectivity index (χ4v) is 4.53. The third-order valence-electron chi connectivity index (χ3n) is 4.43. The molecule has 1 aliphatic heterocycles. The quantitative estimate of drug-likeness (QED) is 0.812. The first-order valence-electron chi connectivity index (χ1n) is 8.23. The summed E-state index contributed by atoms with van der Waals surface area (Å²) in [5.74, 6) is -0.258. The number of sulfonamides is 1. The number of benzene rings is 1. The zero-order valence-corrected chi connectivity index (χ0v) is 14.9. The summed E-state index contributed by atoms with van der Waals surface area (Å²) in [6, 6.07) is 7.86. The molecule has 1 heterocycles. The van der Waals surface area contributed by atoms with Crippen LogP contribution < -0.4 is 0 Å². The van der Waals surface area contributed by atoms with Crippen LogP contribution >= 0.6 is 0 Å². The lowest BCUT2D eigenvalue weighted by molar-refractivity contribution is -0.136. The fraction of sp³-hybridized carbons (Fsp3) is 0.529. The van der Waals surface area contributed by atoms with Crippen molar-refractivity contribution in [2.45, 2.75) is 31.6 Å². The van der Waals surface area contributed by atoms with Gasteiger partial charge in [-0.05, 0) is 51.0 Å². The molecule has 0 aromatic heterocycles. The summed E-state index contributed by atoms with van der Waals surface area (Å²) in [6.07, 6.45) is 1.39. The first-order chi connectivity index (χ1) is 11.4. The first-order valence-corrected chi connectivity index (χ1v) is 9.67. The van der Waals surface area contributed by atoms with Crippen LogP contribution in [0, 0.1) is 17.2 Å². The van der Waals surface area contributed by atoms with Crippen molar-refractivity contribution >= 4 is 15.9 Å². The predicted molar refractivity (Wildman–Crippen MR) is 90.6 cm³/mol. The van der Waals surface area contributed by atoms with Crippen molar-refractivity contribution in [2.24, 2.45) is 5.92 Å². The molecule has 6 nitrogen and oxygen atoms in total. The molecule has 1 fully saturated rings. The minimum absolute atomic E-state index is 0.0275. The van der Waals surface area contributed by atoms with Crippen LogP contribution in [0.2, 0.25) is 0 Å². The van der Waals surface area contributed by atoms with Crippen molar-refractivity contribution in [3.63, 3.8) is 0 Å². The lowest BCUT2D eigenvalue weighted by Crippen LogP contribution is -2.46. The van der Waals surface area contributed by atoms with Crippen molar-refractivity contribution in [1.29, 1.82) is 5.26 Å². The molecule has 1 aromatic rings. The van der Waals surface area contributed by atoms with Crippen LogP contribution in [0.1, 0.15) is 32.3 Å². The van der Waals surface area contributed by atoms with Crippen molar-refractivity contribution in [3.05, 3.63) is 29.8 Å². The topological polar surface area (TPSA) is 81.5 Å². The highest BCUT2D eigenvalue weighted by Gasteiger charge is 2.34. The Bertz CT molecular complexity index is 718. The molecule has 24 heavy (non-hydrogen) atoms. The Hall–Kier alpha value is -1.91. The van der Waals surface area contributed by atoms with Crippen LogP contribution in [0.4, 0.5) is 0 Å². The molecule has 0 saturated carbocycles. The van der Waals surface area contributed by atoms with E-state index in [1.54, 1.807) is 4.90 Å². The van der Waals surface area contributed by atoms with E-state index in [-0.39, 0.29) is 23.3 Å². The summed E-state index contributed by atoms with van der Waals surface area (Å²) in [6.45, 7) is 5.76. The maximum atomic E-state index is 12.8. The molecule has 0 bridgehead atoms. The number of rotatable bonds is 5. The third-order valence-corrected chi connectivity index (χ3v) is 6.31. The van der Waals surface area contributed by atoms with E-state index in [4.69, 9.17) is 5.26 Å². The van der Waals surface area contributed by atoms with Gasteiger partial charge in [0.2, 0.25) is 15.9 Å². The predicted octanol–water partition coefficient (Wildman–Crippen LogP) is 1.83. The van der Waals surface area contributed by atoms with Gasteiger partial charge in [0.05, 0.1) is 22.4 Å². The standard InChI is InChI=1S/C17H23N3O3S/c1-3-19(4-2)17(21)15-6-5-11-20(13-15)24(22,23)16-9-7-14(12-18)8-10-16/h7-10,15H,3-6,11,13H2,1-2H3. The zero-order valence-electron chi connectivity index (χ0n) is 14.1. The zero-order chi connectivity index (χ0) is 17.7. The number of hydrogen-bond acceptors (Lipinski definition) is 4. The van der Waals surface area contributed by atoms with Crippen molar-refractivity contribution < 1.29 is 13.2 Å². The van der Waals surface area contributed by atoms with Gasteiger partial charge in [-0.3, -0.25) is 4.79 Å². The Morgan fingerprint density at radius 3 is 2.46 bits per heavy atom. The Labute approximate surface area is 143 Å². The van der Waals surface area contributed by atoms with Gasteiger partial charge >= 0.3 is 0 Å². The van der Waals surface area contributed by atoms with Gasteiger partial charge in [0.1, 0.15) is 0 Å². The second-order valence-electron chi connectivity index (χ2n) is 5.85. The van der Waals surface area contributed by atoms with Gasteiger partial charge in [0, 0.05) is 26.2 Å². The van der Waals surface area contributed by atoms with Crippen LogP contribution in [-0.4, -0.2) is 49.7 Å². The maximum Gasteiger partial charge on any atom is 0.243 e. The molecule has 0 radical (unpaired) electrons. The number of carbonyl (C=O) groups is 1. The lowest BCUT2D eigenvalue weighted by atomic mass is 9.98. The van der Waals surface area contributed by atoms with E-state index in [0.29, 0.717) is 38.0 Å². The first kappa shape index (κ1) is 18.4. The lowest BCUT2D eigenvalue weighted by Gasteiger charge is -2.33. The van der Waals surface area contributed by atoms with Gasteiger partial charge in [0.25, 0.3) is 0 Å². The van der Waals surface area contributed by atoms with E-state index in [2.05, 4.69) is 0 Å². The summed E-state index contributed by atoms with van der Waals surface area (Å²) >= 11 is 0. The average Bonchev–Trinajstić information content (AvgIpc) is 2.62. The highest BCUT2D eigenvalue weighted by atomic mass is 32.2. The van der Waals surface area contributed by atoms with Crippen LogP contribution in [0.3, 0.4) is 0 Å². The molecule has 0 aliphatic carbocycles. The number of nitriles is 1. The van der Waals surface area contributed by atoms with Crippen molar-refractivity contribution in [1.82, 2.24) is 9.21 Å². The molecule has 0 spiro atoms. The molecule has 0 N–H and O–H groups in total. The normalized spacial score (nSPS) is 18.8. The van der Waals surface area contributed by atoms with Crippen LogP contribution in [0.5, 0.6) is 0 Å². The van der Waals surface area contributed by atoms with Gasteiger partial charge < -0.3 is 4.90 Å². The van der Waals surface area contributed by atoms with Gasteiger partial charge in [-0.15, -0.1) is 0 Å². The molecule has 1 unspecified atom stereocenters. The van der Waals surface area contributed by atoms with Crippen molar-refractivity contribution in [3.8, 4) is 6.07 Å². The highest BCUT2D eigenvalue weighted by Crippen LogP contribution is 2.25. The number of carbonyl (C=O) groups excluding carboxylic acids is 1. The smallest absolute Gasteiger partial charge is 0.243 e. The minimum atomic E-state index is -3.64. The molecule has 130 valence electrons. The Morgan fingerprint density at radius 1 is 1.29 bits per heavy atom. The SMILES string of the molecule is CCN(CC)C(=O)C1CCCN(S(=O)(=O)c2ccc(C#N)cc2)C1. The Morgan fingerprint density at radius 2 is 1.92 bits per heavy atom. The van der Waals surface area contributed by atoms with Crippen LogP contribution in [-0.2, 0) is 14.8 Å². The molecule has 2 rings (SSSR count). The Balaban J connectivity index is 2.18. The van der Waals surface area contributed by atoms with E-state index < -0.39 is 10.0 Å². The van der Waals surface area contributed by atoms with E-state index in [1.165, 1.54) is 28.6 Å². The van der Waals surface area contributed by atoms with E-state index >= 15 is 0 Å². The van der Waals surface area contributed by atoms with E-state index in [1.807, 2.05) is 19.9 Å². The van der Waals surface area contributed by atoms with Gasteiger partial charge in [-0.25, -0.2) is 8.42 Å². The highest BCUT2D eigenvalue weighted by molar-refractivity contribution is 7.89. The maximum absolute atomic E-state index is 12.8. The fourth-order valence-electron chi connectivity index (χ4n) is 3.01. The summed E-state index contributed by atoms with van der Waals surface area (Å²) < 4.78 is 27.0. The average molecular weight is 349 g/mol. The monoisotopic (exact) mass is 349 g/mol. The summed E-state index contributed by atoms with van der Waals surface area (Å²) in [5.41, 5.74) is 0.419. The third kappa shape index (κ3) is 3.77. The van der Waals surface area contributed by atoms with Crippen molar-refractivity contribution in [2.75, 3.05) is 26.2 Å².